The molecule has 1 heterocycles. The summed E-state index contributed by atoms with van der Waals surface area (Å²) < 4.78 is 34.0. The van der Waals surface area contributed by atoms with Crippen molar-refractivity contribution in [2.45, 2.75) is 12.5 Å². The minimum atomic E-state index is -4.69. The molecule has 0 bridgehead atoms. The summed E-state index contributed by atoms with van der Waals surface area (Å²) in [5, 5.41) is 9.34. The first-order valence-corrected chi connectivity index (χ1v) is 7.83. The number of halogens is 1. The normalized spacial score (nSPS) is 20.5. The van der Waals surface area contributed by atoms with E-state index in [0.29, 0.717) is 5.56 Å². The highest BCUT2D eigenvalue weighted by Gasteiger charge is 2.39. The molecule has 1 N–H and O–H groups in total. The van der Waals surface area contributed by atoms with Crippen LogP contribution in [0.4, 0.5) is 3.89 Å². The molecule has 2 unspecified atom stereocenters. The van der Waals surface area contributed by atoms with Crippen LogP contribution in [0.15, 0.2) is 30.3 Å². The van der Waals surface area contributed by atoms with Crippen LogP contribution in [0.25, 0.3) is 0 Å². The van der Waals surface area contributed by atoms with Crippen LogP contribution in [-0.4, -0.2) is 42.6 Å². The molecule has 0 aliphatic carbocycles. The SMILES string of the molecule is O=C(O)C(c1ccccc1)N1CC(CS(=O)(=O)F)CC1=O. The molecule has 1 aliphatic heterocycles. The van der Waals surface area contributed by atoms with Gasteiger partial charge >= 0.3 is 16.2 Å². The maximum absolute atomic E-state index is 12.7. The third-order valence-electron chi connectivity index (χ3n) is 3.33. The molecule has 0 spiro atoms. The van der Waals surface area contributed by atoms with Crippen LogP contribution in [-0.2, 0) is 19.8 Å². The van der Waals surface area contributed by atoms with Gasteiger partial charge in [-0.3, -0.25) is 4.79 Å². The molecule has 0 aromatic heterocycles. The lowest BCUT2D eigenvalue weighted by molar-refractivity contribution is -0.148. The molecule has 1 fully saturated rings. The molecule has 21 heavy (non-hydrogen) atoms. The fraction of sp³-hybridized carbons (Fsp3) is 0.385. The van der Waals surface area contributed by atoms with Crippen molar-refractivity contribution in [2.75, 3.05) is 12.3 Å². The lowest BCUT2D eigenvalue weighted by atomic mass is 10.1. The van der Waals surface area contributed by atoms with Crippen molar-refractivity contribution >= 4 is 22.1 Å². The topological polar surface area (TPSA) is 91.8 Å². The second-order valence-electron chi connectivity index (χ2n) is 4.97. The van der Waals surface area contributed by atoms with Gasteiger partial charge in [-0.05, 0) is 5.56 Å². The van der Waals surface area contributed by atoms with E-state index in [1.54, 1.807) is 30.3 Å². The first-order chi connectivity index (χ1) is 9.78. The van der Waals surface area contributed by atoms with E-state index in [4.69, 9.17) is 0 Å². The Morgan fingerprint density at radius 3 is 2.52 bits per heavy atom. The van der Waals surface area contributed by atoms with Crippen molar-refractivity contribution in [1.29, 1.82) is 0 Å². The Balaban J connectivity index is 2.23. The van der Waals surface area contributed by atoms with Crippen molar-refractivity contribution in [3.63, 3.8) is 0 Å². The lowest BCUT2D eigenvalue weighted by Crippen LogP contribution is -2.35. The van der Waals surface area contributed by atoms with Gasteiger partial charge in [0.2, 0.25) is 5.91 Å². The highest BCUT2D eigenvalue weighted by Crippen LogP contribution is 2.29. The van der Waals surface area contributed by atoms with Gasteiger partial charge in [0.15, 0.2) is 6.04 Å². The van der Waals surface area contributed by atoms with E-state index in [2.05, 4.69) is 0 Å². The predicted molar refractivity (Wildman–Crippen MR) is 71.5 cm³/mol. The Morgan fingerprint density at radius 2 is 2.00 bits per heavy atom. The van der Waals surface area contributed by atoms with Gasteiger partial charge in [0.1, 0.15) is 0 Å². The van der Waals surface area contributed by atoms with Crippen molar-refractivity contribution in [3.8, 4) is 0 Å². The van der Waals surface area contributed by atoms with Crippen LogP contribution in [0.1, 0.15) is 18.0 Å². The van der Waals surface area contributed by atoms with Crippen LogP contribution in [0.3, 0.4) is 0 Å². The minimum absolute atomic E-state index is 0.0894. The Hall–Kier alpha value is -1.96. The monoisotopic (exact) mass is 315 g/mol. The Bertz CT molecular complexity index is 646. The number of carbonyl (C=O) groups is 2. The molecule has 2 atom stereocenters. The zero-order chi connectivity index (χ0) is 15.6. The fourth-order valence-corrected chi connectivity index (χ4v) is 3.33. The second kappa shape index (κ2) is 5.80. The summed E-state index contributed by atoms with van der Waals surface area (Å²) in [5.74, 6) is -3.19. The molecular formula is C13H14FNO5S. The molecule has 1 amide bonds. The smallest absolute Gasteiger partial charge is 0.331 e. The molecule has 0 radical (unpaired) electrons. The van der Waals surface area contributed by atoms with E-state index in [-0.39, 0.29) is 13.0 Å². The molecular weight excluding hydrogens is 301 g/mol. The van der Waals surface area contributed by atoms with Crippen LogP contribution < -0.4 is 0 Å². The number of carboxylic acid groups (broad SMARTS) is 1. The molecule has 2 rings (SSSR count). The number of hydrogen-bond donors (Lipinski definition) is 1. The van der Waals surface area contributed by atoms with Gasteiger partial charge in [0.25, 0.3) is 0 Å². The van der Waals surface area contributed by atoms with Gasteiger partial charge in [0.05, 0.1) is 5.75 Å². The molecule has 1 aliphatic rings. The summed E-state index contributed by atoms with van der Waals surface area (Å²) in [5.41, 5.74) is 0.419. The first kappa shape index (κ1) is 15.4. The fourth-order valence-electron chi connectivity index (χ4n) is 2.54. The standard InChI is InChI=1S/C13H14FNO5S/c14-21(19,20)8-9-6-11(16)15(7-9)12(13(17)18)10-4-2-1-3-5-10/h1-5,9,12H,6-8H2,(H,17,18). The van der Waals surface area contributed by atoms with Crippen LogP contribution in [0.2, 0.25) is 0 Å². The van der Waals surface area contributed by atoms with Crippen LogP contribution in [0.5, 0.6) is 0 Å². The summed E-state index contributed by atoms with van der Waals surface area (Å²) in [6.07, 6.45) is -0.167. The zero-order valence-electron chi connectivity index (χ0n) is 11.0. The van der Waals surface area contributed by atoms with E-state index in [1.165, 1.54) is 0 Å². The first-order valence-electron chi connectivity index (χ1n) is 6.27. The van der Waals surface area contributed by atoms with Gasteiger partial charge in [-0.25, -0.2) is 4.79 Å². The van der Waals surface area contributed by atoms with Gasteiger partial charge < -0.3 is 10.0 Å². The van der Waals surface area contributed by atoms with Gasteiger partial charge in [-0.15, -0.1) is 3.89 Å². The number of aliphatic carboxylic acids is 1. The molecule has 114 valence electrons. The average Bonchev–Trinajstić information content (AvgIpc) is 2.69. The summed E-state index contributed by atoms with van der Waals surface area (Å²) in [4.78, 5) is 24.5. The highest BCUT2D eigenvalue weighted by molar-refractivity contribution is 7.86. The van der Waals surface area contributed by atoms with Crippen molar-refractivity contribution < 1.29 is 27.0 Å². The lowest BCUT2D eigenvalue weighted by Gasteiger charge is -2.25. The van der Waals surface area contributed by atoms with Gasteiger partial charge in [0, 0.05) is 18.9 Å². The van der Waals surface area contributed by atoms with Crippen LogP contribution in [0, 0.1) is 5.92 Å². The number of nitrogens with zero attached hydrogens (tertiary/aromatic N) is 1. The minimum Gasteiger partial charge on any atom is -0.479 e. The van der Waals surface area contributed by atoms with E-state index in [1.807, 2.05) is 0 Å². The third-order valence-corrected chi connectivity index (χ3v) is 4.20. The zero-order valence-corrected chi connectivity index (χ0v) is 11.8. The van der Waals surface area contributed by atoms with Crippen molar-refractivity contribution in [2.24, 2.45) is 5.92 Å². The molecule has 1 aromatic carbocycles. The maximum atomic E-state index is 12.7. The summed E-state index contributed by atoms with van der Waals surface area (Å²) >= 11 is 0. The van der Waals surface area contributed by atoms with E-state index in [0.717, 1.165) is 4.90 Å². The molecule has 8 heteroatoms. The number of amides is 1. The quantitative estimate of drug-likeness (QED) is 0.817. The molecule has 0 saturated carbocycles. The van der Waals surface area contributed by atoms with E-state index < -0.39 is 39.8 Å². The van der Waals surface area contributed by atoms with Gasteiger partial charge in [-0.1, -0.05) is 30.3 Å². The van der Waals surface area contributed by atoms with E-state index >= 15 is 0 Å². The van der Waals surface area contributed by atoms with Gasteiger partial charge in [-0.2, -0.15) is 8.42 Å². The molecule has 1 aromatic rings. The summed E-state index contributed by atoms with van der Waals surface area (Å²) in [7, 11) is -4.69. The number of hydrogen-bond acceptors (Lipinski definition) is 4. The Morgan fingerprint density at radius 1 is 1.38 bits per heavy atom. The number of likely N-dealkylation sites (tertiary alicyclic amines) is 1. The molecule has 6 nitrogen and oxygen atoms in total. The van der Waals surface area contributed by atoms with E-state index in [9.17, 15) is 27.0 Å². The van der Waals surface area contributed by atoms with Crippen molar-refractivity contribution in [3.05, 3.63) is 35.9 Å². The Labute approximate surface area is 121 Å². The van der Waals surface area contributed by atoms with Crippen molar-refractivity contribution in [1.82, 2.24) is 4.90 Å². The number of carbonyl (C=O) groups excluding carboxylic acids is 1. The summed E-state index contributed by atoms with van der Waals surface area (Å²) in [6, 6.07) is 6.97. The largest absolute Gasteiger partial charge is 0.479 e. The number of carboxylic acids is 1. The number of benzene rings is 1. The maximum Gasteiger partial charge on any atom is 0.331 e. The third kappa shape index (κ3) is 3.78. The molecule has 1 saturated heterocycles. The predicted octanol–water partition coefficient (Wildman–Crippen LogP) is 0.960. The Kier molecular flexibility index (Phi) is 4.26. The number of rotatable bonds is 5. The highest BCUT2D eigenvalue weighted by atomic mass is 32.3. The average molecular weight is 315 g/mol. The second-order valence-corrected chi connectivity index (χ2v) is 6.38. The van der Waals surface area contributed by atoms with Crippen LogP contribution >= 0.6 is 0 Å². The summed E-state index contributed by atoms with van der Waals surface area (Å²) in [6.45, 7) is -0.0894.